The largest absolute Gasteiger partial charge is 0.336 e. The van der Waals surface area contributed by atoms with Gasteiger partial charge in [0, 0.05) is 35.3 Å². The van der Waals surface area contributed by atoms with Crippen molar-refractivity contribution in [2.45, 2.75) is 20.3 Å². The SMILES string of the molecule is CCC(=O)Nc1cncc(-c2ccc3[nH]nc(-c4nc5c(-c6cc(C)cc(F)c6)nccc5[nH]4)c3c2)c1. The van der Waals surface area contributed by atoms with E-state index in [1.807, 2.05) is 43.3 Å². The molecule has 0 fully saturated rings. The van der Waals surface area contributed by atoms with Gasteiger partial charge in [0.1, 0.15) is 17.0 Å². The first kappa shape index (κ1) is 22.5. The number of aryl methyl sites for hydroxylation is 1. The number of anilines is 1. The molecule has 0 aliphatic carbocycles. The number of hydrogen-bond donors (Lipinski definition) is 3. The highest BCUT2D eigenvalue weighted by atomic mass is 19.1. The van der Waals surface area contributed by atoms with Crippen molar-refractivity contribution in [3.63, 3.8) is 0 Å². The quantitative estimate of drug-likeness (QED) is 0.273. The van der Waals surface area contributed by atoms with E-state index in [-0.39, 0.29) is 11.7 Å². The average Bonchev–Trinajstić information content (AvgIpc) is 3.51. The topological polar surface area (TPSA) is 112 Å². The molecule has 6 rings (SSSR count). The Hall–Kier alpha value is -4.92. The Bertz CT molecular complexity index is 1780. The lowest BCUT2D eigenvalue weighted by molar-refractivity contribution is -0.115. The number of imidazole rings is 1. The van der Waals surface area contributed by atoms with Crippen molar-refractivity contribution >= 4 is 33.5 Å². The van der Waals surface area contributed by atoms with Gasteiger partial charge in [-0.15, -0.1) is 0 Å². The monoisotopic (exact) mass is 491 g/mol. The number of nitrogens with zero attached hydrogens (tertiary/aromatic N) is 4. The summed E-state index contributed by atoms with van der Waals surface area (Å²) in [6, 6.07) is 14.5. The van der Waals surface area contributed by atoms with Gasteiger partial charge in [0.15, 0.2) is 5.82 Å². The molecule has 0 spiro atoms. The molecular formula is C28H22FN7O. The predicted molar refractivity (Wildman–Crippen MR) is 141 cm³/mol. The summed E-state index contributed by atoms with van der Waals surface area (Å²) in [5.41, 5.74) is 7.41. The molecule has 0 unspecified atom stereocenters. The van der Waals surface area contributed by atoms with Gasteiger partial charge in [-0.1, -0.05) is 13.0 Å². The highest BCUT2D eigenvalue weighted by Crippen LogP contribution is 2.33. The van der Waals surface area contributed by atoms with Crippen LogP contribution in [0.15, 0.2) is 67.1 Å². The molecule has 182 valence electrons. The minimum atomic E-state index is -0.316. The number of carbonyl (C=O) groups excluding carboxylic acids is 1. The maximum absolute atomic E-state index is 14.1. The third-order valence-electron chi connectivity index (χ3n) is 6.18. The van der Waals surface area contributed by atoms with Crippen molar-refractivity contribution in [1.82, 2.24) is 30.1 Å². The first-order valence-corrected chi connectivity index (χ1v) is 11.8. The van der Waals surface area contributed by atoms with E-state index in [1.165, 1.54) is 12.1 Å². The third kappa shape index (κ3) is 4.20. The molecule has 2 aromatic carbocycles. The summed E-state index contributed by atoms with van der Waals surface area (Å²) in [6.45, 7) is 3.65. The lowest BCUT2D eigenvalue weighted by Crippen LogP contribution is -2.09. The van der Waals surface area contributed by atoms with Crippen LogP contribution in [0.1, 0.15) is 18.9 Å². The molecule has 37 heavy (non-hydrogen) atoms. The Kier molecular flexibility index (Phi) is 5.45. The van der Waals surface area contributed by atoms with Gasteiger partial charge in [-0.25, -0.2) is 9.37 Å². The van der Waals surface area contributed by atoms with Gasteiger partial charge in [-0.2, -0.15) is 5.10 Å². The summed E-state index contributed by atoms with van der Waals surface area (Å²) >= 11 is 0. The maximum Gasteiger partial charge on any atom is 0.224 e. The fourth-order valence-electron chi connectivity index (χ4n) is 4.42. The summed E-state index contributed by atoms with van der Waals surface area (Å²) in [5.74, 6) is 0.185. The Labute approximate surface area is 211 Å². The van der Waals surface area contributed by atoms with Crippen LogP contribution < -0.4 is 5.32 Å². The van der Waals surface area contributed by atoms with Crippen molar-refractivity contribution in [1.29, 1.82) is 0 Å². The molecule has 0 atom stereocenters. The van der Waals surface area contributed by atoms with E-state index in [1.54, 1.807) is 25.5 Å². The fraction of sp³-hybridized carbons (Fsp3) is 0.107. The highest BCUT2D eigenvalue weighted by Gasteiger charge is 2.17. The number of hydrogen-bond acceptors (Lipinski definition) is 5. The minimum Gasteiger partial charge on any atom is -0.336 e. The molecule has 9 heteroatoms. The number of halogens is 1. The Morgan fingerprint density at radius 2 is 1.86 bits per heavy atom. The average molecular weight is 492 g/mol. The zero-order valence-corrected chi connectivity index (χ0v) is 20.1. The second-order valence-corrected chi connectivity index (χ2v) is 8.85. The molecule has 0 saturated heterocycles. The van der Waals surface area contributed by atoms with E-state index < -0.39 is 0 Å². The fourth-order valence-corrected chi connectivity index (χ4v) is 4.42. The molecule has 6 aromatic rings. The van der Waals surface area contributed by atoms with E-state index in [4.69, 9.17) is 4.98 Å². The van der Waals surface area contributed by atoms with E-state index >= 15 is 0 Å². The normalized spacial score (nSPS) is 11.3. The molecule has 4 heterocycles. The van der Waals surface area contributed by atoms with Crippen molar-refractivity contribution in [3.05, 3.63) is 78.5 Å². The summed E-state index contributed by atoms with van der Waals surface area (Å²) < 4.78 is 14.1. The molecule has 1 amide bonds. The highest BCUT2D eigenvalue weighted by molar-refractivity contribution is 5.98. The van der Waals surface area contributed by atoms with Crippen LogP contribution in [-0.2, 0) is 4.79 Å². The van der Waals surface area contributed by atoms with Crippen LogP contribution in [0.2, 0.25) is 0 Å². The van der Waals surface area contributed by atoms with Crippen LogP contribution in [-0.4, -0.2) is 36.0 Å². The van der Waals surface area contributed by atoms with Gasteiger partial charge in [0.25, 0.3) is 0 Å². The van der Waals surface area contributed by atoms with Gasteiger partial charge in [0.2, 0.25) is 5.91 Å². The molecule has 0 saturated carbocycles. The molecule has 0 radical (unpaired) electrons. The van der Waals surface area contributed by atoms with Crippen molar-refractivity contribution in [2.24, 2.45) is 0 Å². The van der Waals surface area contributed by atoms with Crippen LogP contribution in [0.4, 0.5) is 10.1 Å². The van der Waals surface area contributed by atoms with Crippen molar-refractivity contribution in [3.8, 4) is 33.9 Å². The van der Waals surface area contributed by atoms with Crippen LogP contribution in [0.5, 0.6) is 0 Å². The first-order chi connectivity index (χ1) is 18.0. The Balaban J connectivity index is 1.43. The zero-order chi connectivity index (χ0) is 25.5. The number of pyridine rings is 2. The summed E-state index contributed by atoms with van der Waals surface area (Å²) in [6.07, 6.45) is 5.45. The number of amides is 1. The third-order valence-corrected chi connectivity index (χ3v) is 6.18. The molecule has 0 aliphatic rings. The van der Waals surface area contributed by atoms with E-state index in [0.717, 1.165) is 33.1 Å². The van der Waals surface area contributed by atoms with Crippen LogP contribution in [0.25, 0.3) is 55.8 Å². The molecule has 4 aromatic heterocycles. The molecular weight excluding hydrogens is 469 g/mol. The van der Waals surface area contributed by atoms with Crippen LogP contribution in [0, 0.1) is 12.7 Å². The lowest BCUT2D eigenvalue weighted by Gasteiger charge is -2.06. The summed E-state index contributed by atoms with van der Waals surface area (Å²) in [5, 5.41) is 11.3. The van der Waals surface area contributed by atoms with Crippen LogP contribution in [0.3, 0.4) is 0 Å². The van der Waals surface area contributed by atoms with E-state index in [9.17, 15) is 9.18 Å². The number of fused-ring (bicyclic) bond motifs is 2. The van der Waals surface area contributed by atoms with Crippen molar-refractivity contribution < 1.29 is 9.18 Å². The number of aromatic nitrogens is 6. The number of nitrogens with one attached hydrogen (secondary N) is 3. The van der Waals surface area contributed by atoms with Gasteiger partial charge in [-0.05, 0) is 60.5 Å². The van der Waals surface area contributed by atoms with Crippen LogP contribution >= 0.6 is 0 Å². The van der Waals surface area contributed by atoms with Gasteiger partial charge < -0.3 is 10.3 Å². The van der Waals surface area contributed by atoms with Gasteiger partial charge in [0.05, 0.1) is 28.6 Å². The standard InChI is InChI=1S/C28H22FN7O/c1-3-24(37)32-20-11-18(13-30-14-20)16-4-5-22-21(12-16)26(36-35-22)28-33-23-6-7-31-25(27(23)34-28)17-8-15(2)9-19(29)10-17/h4-14H,3H2,1-2H3,(H,32,37)(H,33,34)(H,35,36). The number of carbonyl (C=O) groups is 1. The van der Waals surface area contributed by atoms with Crippen molar-refractivity contribution in [2.75, 3.05) is 5.32 Å². The summed E-state index contributed by atoms with van der Waals surface area (Å²) in [4.78, 5) is 28.7. The first-order valence-electron chi connectivity index (χ1n) is 11.8. The zero-order valence-electron chi connectivity index (χ0n) is 20.1. The summed E-state index contributed by atoms with van der Waals surface area (Å²) in [7, 11) is 0. The lowest BCUT2D eigenvalue weighted by atomic mass is 10.0. The molecule has 0 aliphatic heterocycles. The maximum atomic E-state index is 14.1. The Morgan fingerprint density at radius 3 is 2.70 bits per heavy atom. The molecule has 0 bridgehead atoms. The van der Waals surface area contributed by atoms with Gasteiger partial charge >= 0.3 is 0 Å². The number of rotatable bonds is 5. The smallest absolute Gasteiger partial charge is 0.224 e. The Morgan fingerprint density at radius 1 is 0.973 bits per heavy atom. The minimum absolute atomic E-state index is 0.0707. The predicted octanol–water partition coefficient (Wildman–Crippen LogP) is 6.03. The number of benzene rings is 2. The molecule has 3 N–H and O–H groups in total. The molecule has 8 nitrogen and oxygen atoms in total. The van der Waals surface area contributed by atoms with E-state index in [0.29, 0.717) is 40.4 Å². The second kappa shape index (κ2) is 8.94. The number of aromatic amines is 2. The second-order valence-electron chi connectivity index (χ2n) is 8.85. The number of H-pyrrole nitrogens is 2. The van der Waals surface area contributed by atoms with Gasteiger partial charge in [-0.3, -0.25) is 19.9 Å². The van der Waals surface area contributed by atoms with E-state index in [2.05, 4.69) is 30.5 Å².